The Morgan fingerprint density at radius 3 is 1.81 bits per heavy atom. The number of carbonyl (C=O) groups is 6. The summed E-state index contributed by atoms with van der Waals surface area (Å²) in [6, 6.07) is -2.06. The molecule has 8 amide bonds. The van der Waals surface area contributed by atoms with Crippen molar-refractivity contribution in [1.29, 1.82) is 0 Å². The number of nitrogens with two attached hydrogens (primary N) is 1. The van der Waals surface area contributed by atoms with Crippen LogP contribution in [0.2, 0.25) is 0 Å². The van der Waals surface area contributed by atoms with Crippen LogP contribution in [0.25, 0.3) is 0 Å². The Morgan fingerprint density at radius 2 is 1.35 bits per heavy atom. The SMILES string of the molecule is C=C(N)NCCC[C@H]1C(=O)N(C(=O)N2CCN(C(=O)NCC)CC2)C1C(=O)O.CC(C)(C)NC(=O)N1CCN(C(=O)OC(C)(C)C)CC1. The van der Waals surface area contributed by atoms with Gasteiger partial charge in [0.1, 0.15) is 5.60 Å². The number of carboxylic acids is 1. The van der Waals surface area contributed by atoms with E-state index in [1.165, 1.54) is 4.90 Å². The zero-order valence-corrected chi connectivity index (χ0v) is 29.5. The number of urea groups is 3. The quantitative estimate of drug-likeness (QED) is 0.192. The van der Waals surface area contributed by atoms with Crippen LogP contribution < -0.4 is 21.7 Å². The molecule has 17 nitrogen and oxygen atoms in total. The molecule has 272 valence electrons. The maximum atomic E-state index is 12.7. The minimum absolute atomic E-state index is 0.0821. The second kappa shape index (κ2) is 17.1. The largest absolute Gasteiger partial charge is 0.480 e. The maximum absolute atomic E-state index is 12.7. The van der Waals surface area contributed by atoms with Crippen molar-refractivity contribution in [1.82, 2.24) is 40.4 Å². The molecule has 3 saturated heterocycles. The first-order valence-electron chi connectivity index (χ1n) is 16.4. The first-order chi connectivity index (χ1) is 22.3. The molecule has 0 aromatic rings. The Balaban J connectivity index is 0.000000353. The maximum Gasteiger partial charge on any atom is 0.410 e. The van der Waals surface area contributed by atoms with E-state index >= 15 is 0 Å². The summed E-state index contributed by atoms with van der Waals surface area (Å²) >= 11 is 0. The van der Waals surface area contributed by atoms with Crippen LogP contribution in [0.3, 0.4) is 0 Å². The van der Waals surface area contributed by atoms with Gasteiger partial charge in [0.15, 0.2) is 6.04 Å². The molecule has 1 unspecified atom stereocenters. The van der Waals surface area contributed by atoms with E-state index in [0.29, 0.717) is 71.0 Å². The van der Waals surface area contributed by atoms with E-state index in [-0.39, 0.29) is 36.8 Å². The van der Waals surface area contributed by atoms with Gasteiger partial charge in [-0.25, -0.2) is 28.9 Å². The van der Waals surface area contributed by atoms with Gasteiger partial charge in [0.2, 0.25) is 5.91 Å². The van der Waals surface area contributed by atoms with Crippen molar-refractivity contribution in [3.05, 3.63) is 12.4 Å². The van der Waals surface area contributed by atoms with Gasteiger partial charge >= 0.3 is 30.2 Å². The molecule has 0 bridgehead atoms. The summed E-state index contributed by atoms with van der Waals surface area (Å²) in [5.74, 6) is -2.10. The Labute approximate surface area is 283 Å². The number of aliphatic carboxylic acids is 1. The number of carboxylic acid groups (broad SMARTS) is 1. The molecule has 17 heteroatoms. The normalized spacial score (nSPS) is 19.7. The van der Waals surface area contributed by atoms with Gasteiger partial charge in [0, 0.05) is 71.0 Å². The van der Waals surface area contributed by atoms with Crippen LogP contribution in [0.4, 0.5) is 19.2 Å². The average Bonchev–Trinajstić information content (AvgIpc) is 2.98. The molecule has 48 heavy (non-hydrogen) atoms. The fourth-order valence-corrected chi connectivity index (χ4v) is 5.23. The highest BCUT2D eigenvalue weighted by Gasteiger charge is 2.55. The Bertz CT molecular complexity index is 1150. The van der Waals surface area contributed by atoms with Crippen LogP contribution in [0.1, 0.15) is 61.3 Å². The first kappa shape index (κ1) is 39.7. The van der Waals surface area contributed by atoms with E-state index in [9.17, 15) is 33.9 Å². The van der Waals surface area contributed by atoms with E-state index in [2.05, 4.69) is 22.5 Å². The van der Waals surface area contributed by atoms with E-state index in [4.69, 9.17) is 10.5 Å². The zero-order chi connectivity index (χ0) is 36.4. The number of hydrogen-bond donors (Lipinski definition) is 5. The summed E-state index contributed by atoms with van der Waals surface area (Å²) in [6.07, 6.45) is 0.558. The Hall–Kier alpha value is -4.44. The number of rotatable bonds is 7. The Morgan fingerprint density at radius 1 is 0.854 bits per heavy atom. The van der Waals surface area contributed by atoms with Crippen LogP contribution in [0.15, 0.2) is 12.4 Å². The smallest absolute Gasteiger partial charge is 0.410 e. The lowest BCUT2D eigenvalue weighted by Crippen LogP contribution is -2.69. The molecule has 3 heterocycles. The number of piperazine rings is 2. The third kappa shape index (κ3) is 12.0. The van der Waals surface area contributed by atoms with Gasteiger partial charge in [-0.05, 0) is 61.3 Å². The van der Waals surface area contributed by atoms with Crippen molar-refractivity contribution in [2.75, 3.05) is 65.4 Å². The predicted molar refractivity (Wildman–Crippen MR) is 178 cm³/mol. The molecule has 0 aromatic heterocycles. The number of imide groups is 1. The molecule has 3 rings (SSSR count). The third-order valence-corrected chi connectivity index (χ3v) is 7.58. The van der Waals surface area contributed by atoms with Crippen molar-refractivity contribution in [3.8, 4) is 0 Å². The lowest BCUT2D eigenvalue weighted by Gasteiger charge is -2.46. The standard InChI is InChI=1S/C17H28N6O5.C14H27N3O3/c1-3-19-16(27)21-7-9-22(10-8-21)17(28)23-13(15(25)26)12(14(23)24)5-4-6-20-11(2)18;1-13(2,3)15-11(18)16-7-9-17(10-8-16)12(19)20-14(4,5)6/h12-13,20H,2-10,18H2,1H3,(H,19,27)(H,25,26);7-10H2,1-6H3,(H,15,18)/t12-,13?;/m1./s1. The second-order valence-corrected chi connectivity index (χ2v) is 13.9. The van der Waals surface area contributed by atoms with Gasteiger partial charge in [-0.1, -0.05) is 6.58 Å². The molecule has 0 saturated carbocycles. The fraction of sp³-hybridized carbons (Fsp3) is 0.742. The lowest BCUT2D eigenvalue weighted by molar-refractivity contribution is -0.167. The molecule has 0 radical (unpaired) electrons. The highest BCUT2D eigenvalue weighted by atomic mass is 16.6. The van der Waals surface area contributed by atoms with Gasteiger partial charge in [-0.2, -0.15) is 0 Å². The summed E-state index contributed by atoms with van der Waals surface area (Å²) in [4.78, 5) is 79.6. The van der Waals surface area contributed by atoms with E-state index in [1.54, 1.807) is 14.7 Å². The van der Waals surface area contributed by atoms with Crippen LogP contribution in [-0.4, -0.2) is 148 Å². The monoisotopic (exact) mass is 681 g/mol. The summed E-state index contributed by atoms with van der Waals surface area (Å²) < 4.78 is 5.32. The average molecular weight is 682 g/mol. The van der Waals surface area contributed by atoms with Gasteiger partial charge in [0.25, 0.3) is 0 Å². The van der Waals surface area contributed by atoms with Crippen molar-refractivity contribution < 1.29 is 38.6 Å². The predicted octanol–water partition coefficient (Wildman–Crippen LogP) is 1.21. The number of nitrogens with one attached hydrogen (secondary N) is 3. The molecule has 0 spiro atoms. The van der Waals surface area contributed by atoms with E-state index < -0.39 is 35.5 Å². The van der Waals surface area contributed by atoms with Gasteiger partial charge in [0.05, 0.1) is 11.7 Å². The van der Waals surface area contributed by atoms with Crippen molar-refractivity contribution >= 4 is 36.1 Å². The van der Waals surface area contributed by atoms with Crippen molar-refractivity contribution in [3.63, 3.8) is 0 Å². The molecule has 0 aliphatic carbocycles. The van der Waals surface area contributed by atoms with Gasteiger partial charge in [-0.15, -0.1) is 0 Å². The summed E-state index contributed by atoms with van der Waals surface area (Å²) in [7, 11) is 0. The molecular formula is C31H55N9O8. The third-order valence-electron chi connectivity index (χ3n) is 7.58. The molecule has 6 N–H and O–H groups in total. The number of ether oxygens (including phenoxy) is 1. The van der Waals surface area contributed by atoms with Crippen LogP contribution in [0, 0.1) is 5.92 Å². The zero-order valence-electron chi connectivity index (χ0n) is 29.5. The second-order valence-electron chi connectivity index (χ2n) is 13.9. The van der Waals surface area contributed by atoms with E-state index in [1.807, 2.05) is 48.5 Å². The number of β-lactam (4-membered cyclic amide) rings is 1. The molecule has 3 aliphatic rings. The van der Waals surface area contributed by atoms with Crippen molar-refractivity contribution in [2.24, 2.45) is 11.7 Å². The van der Waals surface area contributed by atoms with Crippen molar-refractivity contribution in [2.45, 2.75) is 78.5 Å². The fourth-order valence-electron chi connectivity index (χ4n) is 5.23. The molecule has 2 atom stereocenters. The Kier molecular flexibility index (Phi) is 14.2. The summed E-state index contributed by atoms with van der Waals surface area (Å²) in [6.45, 7) is 20.9. The number of likely N-dealkylation sites (tertiary alicyclic amines) is 1. The van der Waals surface area contributed by atoms with E-state index in [0.717, 1.165) is 4.90 Å². The van der Waals surface area contributed by atoms with Gasteiger partial charge < -0.3 is 51.1 Å². The van der Waals surface area contributed by atoms with Gasteiger partial charge in [-0.3, -0.25) is 4.79 Å². The number of hydrogen-bond acceptors (Lipinski definition) is 9. The minimum atomic E-state index is -1.20. The van der Waals surface area contributed by atoms with Crippen LogP contribution >= 0.6 is 0 Å². The first-order valence-corrected chi connectivity index (χ1v) is 16.4. The molecule has 0 aromatic carbocycles. The number of nitrogens with zero attached hydrogens (tertiary/aromatic N) is 5. The van der Waals surface area contributed by atoms with Crippen LogP contribution in [-0.2, 0) is 14.3 Å². The number of amides is 8. The molecule has 3 fully saturated rings. The number of carbonyl (C=O) groups excluding carboxylic acids is 5. The molecular weight excluding hydrogens is 626 g/mol. The summed E-state index contributed by atoms with van der Waals surface area (Å²) in [5, 5.41) is 17.9. The summed E-state index contributed by atoms with van der Waals surface area (Å²) in [5.41, 5.74) is 4.66. The van der Waals surface area contributed by atoms with Crippen LogP contribution in [0.5, 0.6) is 0 Å². The molecule has 3 aliphatic heterocycles. The highest BCUT2D eigenvalue weighted by Crippen LogP contribution is 2.32. The highest BCUT2D eigenvalue weighted by molar-refractivity contribution is 6.07. The minimum Gasteiger partial charge on any atom is -0.480 e. The lowest BCUT2D eigenvalue weighted by atomic mass is 9.83. The topological polar surface area (TPSA) is 210 Å².